The van der Waals surface area contributed by atoms with E-state index < -0.39 is 0 Å². The molecule has 7 nitrogen and oxygen atoms in total. The van der Waals surface area contributed by atoms with Crippen LogP contribution < -0.4 is 15.8 Å². The third-order valence-corrected chi connectivity index (χ3v) is 4.30. The van der Waals surface area contributed by atoms with Crippen molar-refractivity contribution in [2.24, 2.45) is 5.92 Å². The second-order valence-corrected chi connectivity index (χ2v) is 7.03. The number of nitrogens with two attached hydrogens (primary N) is 1. The molecule has 0 bridgehead atoms. The molecule has 1 aliphatic rings. The number of rotatable bonds is 3. The van der Waals surface area contributed by atoms with Gasteiger partial charge in [0.15, 0.2) is 5.75 Å². The van der Waals surface area contributed by atoms with E-state index in [1.807, 2.05) is 20.8 Å². The van der Waals surface area contributed by atoms with Gasteiger partial charge in [-0.15, -0.1) is 0 Å². The molecule has 2 atom stereocenters. The number of urea groups is 1. The number of fused-ring (bicyclic) bond motifs is 1. The van der Waals surface area contributed by atoms with Gasteiger partial charge in [-0.25, -0.2) is 4.79 Å². The lowest BCUT2D eigenvalue weighted by Crippen LogP contribution is -2.49. The molecule has 0 aliphatic carbocycles. The standard InChI is InChI=1S/C18H28N4O3/c1-11(2)20-18(24)22(5)10-15-12(3)9-21(4)17(23)13-7-6-8-14(19)16(13)25-15/h6-8,11-12,15H,9-10,19H2,1-5H3,(H,20,24)/t12-,15-/m0/s1. The summed E-state index contributed by atoms with van der Waals surface area (Å²) in [4.78, 5) is 28.0. The Kier molecular flexibility index (Phi) is 5.77. The number of likely N-dealkylation sites (N-methyl/N-ethyl adjacent to an activating group) is 1. The van der Waals surface area contributed by atoms with Crippen LogP contribution in [0.3, 0.4) is 0 Å². The van der Waals surface area contributed by atoms with Crippen molar-refractivity contribution in [3.63, 3.8) is 0 Å². The van der Waals surface area contributed by atoms with Crippen molar-refractivity contribution in [3.8, 4) is 5.75 Å². The molecule has 0 unspecified atom stereocenters. The third-order valence-electron chi connectivity index (χ3n) is 4.30. The molecule has 0 saturated heterocycles. The fourth-order valence-electron chi connectivity index (χ4n) is 2.89. The molecule has 138 valence electrons. The smallest absolute Gasteiger partial charge is 0.317 e. The average Bonchev–Trinajstić information content (AvgIpc) is 2.53. The van der Waals surface area contributed by atoms with E-state index in [0.717, 1.165) is 0 Å². The fourth-order valence-corrected chi connectivity index (χ4v) is 2.89. The number of nitrogens with one attached hydrogen (secondary N) is 1. The van der Waals surface area contributed by atoms with Gasteiger partial charge in [-0.2, -0.15) is 0 Å². The average molecular weight is 348 g/mol. The molecule has 25 heavy (non-hydrogen) atoms. The maximum Gasteiger partial charge on any atom is 0.317 e. The second-order valence-electron chi connectivity index (χ2n) is 7.03. The number of amides is 3. The van der Waals surface area contributed by atoms with Gasteiger partial charge >= 0.3 is 6.03 Å². The lowest BCUT2D eigenvalue weighted by Gasteiger charge is -2.35. The number of benzene rings is 1. The van der Waals surface area contributed by atoms with Crippen molar-refractivity contribution in [1.82, 2.24) is 15.1 Å². The fraction of sp³-hybridized carbons (Fsp3) is 0.556. The number of hydrogen-bond acceptors (Lipinski definition) is 4. The van der Waals surface area contributed by atoms with Crippen LogP contribution in [0.4, 0.5) is 10.5 Å². The highest BCUT2D eigenvalue weighted by molar-refractivity contribution is 5.98. The van der Waals surface area contributed by atoms with Gasteiger partial charge in [0.2, 0.25) is 0 Å². The highest BCUT2D eigenvalue weighted by atomic mass is 16.5. The molecule has 0 spiro atoms. The number of nitrogens with zero attached hydrogens (tertiary/aromatic N) is 2. The Morgan fingerprint density at radius 3 is 2.80 bits per heavy atom. The monoisotopic (exact) mass is 348 g/mol. The van der Waals surface area contributed by atoms with Crippen LogP contribution in [-0.4, -0.2) is 61.1 Å². The summed E-state index contributed by atoms with van der Waals surface area (Å²) in [6.45, 7) is 6.77. The summed E-state index contributed by atoms with van der Waals surface area (Å²) in [6.07, 6.45) is -0.276. The molecular weight excluding hydrogens is 320 g/mol. The molecule has 0 saturated carbocycles. The summed E-state index contributed by atoms with van der Waals surface area (Å²) in [6, 6.07) is 5.08. The minimum absolute atomic E-state index is 0.0380. The van der Waals surface area contributed by atoms with E-state index >= 15 is 0 Å². The first-order chi connectivity index (χ1) is 11.7. The quantitative estimate of drug-likeness (QED) is 0.815. The lowest BCUT2D eigenvalue weighted by atomic mass is 10.0. The predicted molar refractivity (Wildman–Crippen MR) is 97.7 cm³/mol. The Morgan fingerprint density at radius 1 is 1.48 bits per heavy atom. The van der Waals surface area contributed by atoms with E-state index in [0.29, 0.717) is 30.1 Å². The normalized spacial score (nSPS) is 20.4. The molecule has 1 aromatic rings. The van der Waals surface area contributed by atoms with Gasteiger partial charge in [0.05, 0.1) is 17.8 Å². The maximum absolute atomic E-state index is 12.6. The SMILES string of the molecule is CC(C)NC(=O)N(C)C[C@@H]1Oc2c(N)cccc2C(=O)N(C)C[C@@H]1C. The number of hydrogen-bond donors (Lipinski definition) is 2. The molecule has 3 N–H and O–H groups in total. The largest absolute Gasteiger partial charge is 0.485 e. The zero-order valence-corrected chi connectivity index (χ0v) is 15.6. The summed E-state index contributed by atoms with van der Waals surface area (Å²) < 4.78 is 6.13. The van der Waals surface area contributed by atoms with Gasteiger partial charge < -0.3 is 25.6 Å². The Labute approximate surface area is 149 Å². The Morgan fingerprint density at radius 2 is 2.16 bits per heavy atom. The van der Waals surface area contributed by atoms with Crippen molar-refractivity contribution >= 4 is 17.6 Å². The summed E-state index contributed by atoms with van der Waals surface area (Å²) in [5.74, 6) is 0.322. The number of para-hydroxylation sites is 1. The van der Waals surface area contributed by atoms with Gasteiger partial charge in [0.1, 0.15) is 6.10 Å². The van der Waals surface area contributed by atoms with Crippen LogP contribution in [0, 0.1) is 5.92 Å². The van der Waals surface area contributed by atoms with E-state index in [4.69, 9.17) is 10.5 Å². The first kappa shape index (κ1) is 18.9. The van der Waals surface area contributed by atoms with Crippen molar-refractivity contribution in [2.75, 3.05) is 32.9 Å². The van der Waals surface area contributed by atoms with Crippen molar-refractivity contribution in [3.05, 3.63) is 23.8 Å². The maximum atomic E-state index is 12.6. The van der Waals surface area contributed by atoms with Gasteiger partial charge in [-0.1, -0.05) is 13.0 Å². The van der Waals surface area contributed by atoms with E-state index in [1.165, 1.54) is 0 Å². The van der Waals surface area contributed by atoms with Crippen molar-refractivity contribution < 1.29 is 14.3 Å². The summed E-state index contributed by atoms with van der Waals surface area (Å²) in [7, 11) is 3.50. The third kappa shape index (κ3) is 4.35. The van der Waals surface area contributed by atoms with Gasteiger partial charge in [0.25, 0.3) is 5.91 Å². The highest BCUT2D eigenvalue weighted by Crippen LogP contribution is 2.31. The second kappa shape index (κ2) is 7.63. The van der Waals surface area contributed by atoms with Crippen molar-refractivity contribution in [1.29, 1.82) is 0 Å². The number of ether oxygens (including phenoxy) is 1. The minimum atomic E-state index is -0.276. The van der Waals surface area contributed by atoms with Crippen molar-refractivity contribution in [2.45, 2.75) is 32.9 Å². The molecule has 2 rings (SSSR count). The molecule has 1 aromatic carbocycles. The number of anilines is 1. The van der Waals surface area contributed by atoms with Crippen LogP contribution in [-0.2, 0) is 0 Å². The van der Waals surface area contributed by atoms with Crippen LogP contribution in [0.15, 0.2) is 18.2 Å². The zero-order valence-electron chi connectivity index (χ0n) is 15.6. The topological polar surface area (TPSA) is 87.9 Å². The van der Waals surface area contributed by atoms with E-state index in [9.17, 15) is 9.59 Å². The number of carbonyl (C=O) groups is 2. The Bertz CT molecular complexity index is 647. The van der Waals surface area contributed by atoms with E-state index in [-0.39, 0.29) is 30.0 Å². The number of nitrogen functional groups attached to an aromatic ring is 1. The van der Waals surface area contributed by atoms with Crippen LogP contribution in [0.1, 0.15) is 31.1 Å². The molecule has 1 heterocycles. The lowest BCUT2D eigenvalue weighted by molar-refractivity contribution is 0.0579. The first-order valence-electron chi connectivity index (χ1n) is 8.53. The molecule has 0 radical (unpaired) electrons. The number of carbonyl (C=O) groups excluding carboxylic acids is 2. The first-order valence-corrected chi connectivity index (χ1v) is 8.53. The molecule has 0 fully saturated rings. The van der Waals surface area contributed by atoms with Gasteiger partial charge in [0, 0.05) is 32.6 Å². The summed E-state index contributed by atoms with van der Waals surface area (Å²) in [5.41, 5.74) is 6.92. The summed E-state index contributed by atoms with van der Waals surface area (Å²) in [5, 5.41) is 2.86. The highest BCUT2D eigenvalue weighted by Gasteiger charge is 2.31. The van der Waals surface area contributed by atoms with Crippen LogP contribution >= 0.6 is 0 Å². The van der Waals surface area contributed by atoms with Gasteiger partial charge in [-0.3, -0.25) is 4.79 Å². The molecule has 0 aromatic heterocycles. The van der Waals surface area contributed by atoms with Gasteiger partial charge in [-0.05, 0) is 26.0 Å². The zero-order chi connectivity index (χ0) is 18.7. The van der Waals surface area contributed by atoms with E-state index in [2.05, 4.69) is 5.32 Å². The minimum Gasteiger partial charge on any atom is -0.485 e. The Balaban J connectivity index is 2.27. The van der Waals surface area contributed by atoms with E-state index in [1.54, 1.807) is 42.1 Å². The Hall–Kier alpha value is -2.44. The predicted octanol–water partition coefficient (Wildman–Crippen LogP) is 1.79. The molecule has 1 aliphatic heterocycles. The molecular formula is C18H28N4O3. The molecule has 3 amide bonds. The molecule has 7 heteroatoms. The van der Waals surface area contributed by atoms with Crippen LogP contribution in [0.5, 0.6) is 5.75 Å². The summed E-state index contributed by atoms with van der Waals surface area (Å²) >= 11 is 0. The van der Waals surface area contributed by atoms with Crippen LogP contribution in [0.2, 0.25) is 0 Å². The van der Waals surface area contributed by atoms with Crippen LogP contribution in [0.25, 0.3) is 0 Å².